The summed E-state index contributed by atoms with van der Waals surface area (Å²) in [6.45, 7) is 4.12. The summed E-state index contributed by atoms with van der Waals surface area (Å²) in [6, 6.07) is 2.47. The number of nitriles is 1. The first-order valence-electron chi connectivity index (χ1n) is 6.87. The molecule has 1 amide bonds. The van der Waals surface area contributed by atoms with Gasteiger partial charge in [-0.25, -0.2) is 0 Å². The summed E-state index contributed by atoms with van der Waals surface area (Å²) < 4.78 is 0. The highest BCUT2D eigenvalue weighted by atomic mass is 16.2. The van der Waals surface area contributed by atoms with E-state index >= 15 is 0 Å². The summed E-state index contributed by atoms with van der Waals surface area (Å²) in [5, 5.41) is 12.4. The Morgan fingerprint density at radius 3 is 2.41 bits per heavy atom. The van der Waals surface area contributed by atoms with Crippen LogP contribution in [0.4, 0.5) is 0 Å². The molecule has 3 nitrogen and oxygen atoms in total. The zero-order valence-corrected chi connectivity index (χ0v) is 11.1. The van der Waals surface area contributed by atoms with Crippen LogP contribution < -0.4 is 5.32 Å². The van der Waals surface area contributed by atoms with Crippen molar-refractivity contribution in [2.45, 2.75) is 71.3 Å². The number of carbonyl (C=O) groups excluding carboxylic acids is 1. The molecular weight excluding hydrogens is 212 g/mol. The molecule has 17 heavy (non-hydrogen) atoms. The number of nitrogens with one attached hydrogen (secondary N) is 1. The molecular formula is C14H24N2O. The minimum absolute atomic E-state index is 0.0390. The van der Waals surface area contributed by atoms with Crippen molar-refractivity contribution < 1.29 is 4.79 Å². The van der Waals surface area contributed by atoms with E-state index in [4.69, 9.17) is 0 Å². The van der Waals surface area contributed by atoms with E-state index in [1.54, 1.807) is 0 Å². The molecule has 1 N–H and O–H groups in total. The van der Waals surface area contributed by atoms with Gasteiger partial charge in [0.1, 0.15) is 5.41 Å². The largest absolute Gasteiger partial charge is 0.352 e. The van der Waals surface area contributed by atoms with Gasteiger partial charge in [0.15, 0.2) is 0 Å². The van der Waals surface area contributed by atoms with E-state index in [9.17, 15) is 10.1 Å². The first-order valence-corrected chi connectivity index (χ1v) is 6.87. The molecule has 1 rings (SSSR count). The minimum Gasteiger partial charge on any atom is -0.352 e. The van der Waals surface area contributed by atoms with Crippen LogP contribution in [-0.2, 0) is 4.79 Å². The quantitative estimate of drug-likeness (QED) is 0.762. The Morgan fingerprint density at radius 2 is 1.94 bits per heavy atom. The summed E-state index contributed by atoms with van der Waals surface area (Å²) in [4.78, 5) is 12.3. The third-order valence-electron chi connectivity index (χ3n) is 3.70. The lowest BCUT2D eigenvalue weighted by molar-refractivity contribution is -0.129. The van der Waals surface area contributed by atoms with E-state index in [0.717, 1.165) is 51.4 Å². The zero-order valence-electron chi connectivity index (χ0n) is 11.1. The molecule has 1 atom stereocenters. The van der Waals surface area contributed by atoms with Crippen LogP contribution in [0.15, 0.2) is 0 Å². The van der Waals surface area contributed by atoms with E-state index < -0.39 is 5.41 Å². The summed E-state index contributed by atoms with van der Waals surface area (Å²) in [5.74, 6) is -0.0390. The first-order chi connectivity index (χ1) is 8.14. The van der Waals surface area contributed by atoms with E-state index in [1.807, 2.05) is 6.92 Å². The maximum atomic E-state index is 12.3. The van der Waals surface area contributed by atoms with Crippen molar-refractivity contribution in [3.63, 3.8) is 0 Å². The van der Waals surface area contributed by atoms with Crippen LogP contribution in [0.3, 0.4) is 0 Å². The Kier molecular flexibility index (Phi) is 5.47. The molecule has 1 saturated carbocycles. The predicted octanol–water partition coefficient (Wildman–Crippen LogP) is 3.16. The number of amides is 1. The van der Waals surface area contributed by atoms with Crippen LogP contribution in [-0.4, -0.2) is 11.9 Å². The highest BCUT2D eigenvalue weighted by Gasteiger charge is 2.39. The molecule has 3 heteroatoms. The van der Waals surface area contributed by atoms with Crippen LogP contribution in [0.2, 0.25) is 0 Å². The molecule has 0 aliphatic heterocycles. The van der Waals surface area contributed by atoms with Crippen molar-refractivity contribution in [2.24, 2.45) is 5.41 Å². The molecule has 1 aliphatic carbocycles. The highest BCUT2D eigenvalue weighted by Crippen LogP contribution is 2.34. The average molecular weight is 236 g/mol. The second kappa shape index (κ2) is 6.64. The molecule has 0 aromatic carbocycles. The van der Waals surface area contributed by atoms with Gasteiger partial charge in [-0.2, -0.15) is 5.26 Å². The molecule has 0 spiro atoms. The monoisotopic (exact) mass is 236 g/mol. The van der Waals surface area contributed by atoms with Gasteiger partial charge < -0.3 is 5.32 Å². The Bertz CT molecular complexity index is 285. The second-order valence-electron chi connectivity index (χ2n) is 5.27. The third kappa shape index (κ3) is 3.73. The van der Waals surface area contributed by atoms with Crippen molar-refractivity contribution in [3.8, 4) is 6.07 Å². The summed E-state index contributed by atoms with van der Waals surface area (Å²) in [6.07, 6.45) is 7.81. The highest BCUT2D eigenvalue weighted by molar-refractivity contribution is 5.85. The maximum absolute atomic E-state index is 12.3. The number of hydrogen-bond acceptors (Lipinski definition) is 2. The second-order valence-corrected chi connectivity index (χ2v) is 5.27. The third-order valence-corrected chi connectivity index (χ3v) is 3.70. The van der Waals surface area contributed by atoms with Gasteiger partial charge >= 0.3 is 0 Å². The van der Waals surface area contributed by atoms with Gasteiger partial charge in [0, 0.05) is 6.04 Å². The van der Waals surface area contributed by atoms with Crippen LogP contribution in [0, 0.1) is 16.7 Å². The lowest BCUT2D eigenvalue weighted by Gasteiger charge is -2.25. The Labute approximate surface area is 105 Å². The Balaban J connectivity index is 2.65. The first kappa shape index (κ1) is 14.0. The van der Waals surface area contributed by atoms with Crippen LogP contribution in [0.1, 0.15) is 65.2 Å². The molecule has 0 radical (unpaired) electrons. The molecule has 0 aromatic heterocycles. The van der Waals surface area contributed by atoms with Crippen molar-refractivity contribution in [3.05, 3.63) is 0 Å². The van der Waals surface area contributed by atoms with Gasteiger partial charge in [-0.15, -0.1) is 0 Å². The van der Waals surface area contributed by atoms with E-state index in [2.05, 4.69) is 18.3 Å². The van der Waals surface area contributed by atoms with Crippen molar-refractivity contribution in [2.75, 3.05) is 0 Å². The molecule has 1 fully saturated rings. The van der Waals surface area contributed by atoms with E-state index in [-0.39, 0.29) is 11.9 Å². The Hall–Kier alpha value is -1.04. The molecule has 0 heterocycles. The zero-order chi connectivity index (χ0) is 12.7. The predicted molar refractivity (Wildman–Crippen MR) is 68.3 cm³/mol. The molecule has 0 saturated heterocycles. The molecule has 96 valence electrons. The van der Waals surface area contributed by atoms with Crippen LogP contribution in [0.25, 0.3) is 0 Å². The standard InChI is InChI=1S/C14H24N2O/c1-3-8-12(2)16-13(17)14(11-15)9-6-4-5-7-10-14/h12H,3-10H2,1-2H3,(H,16,17). The normalized spacial score (nSPS) is 21.0. The van der Waals surface area contributed by atoms with Crippen molar-refractivity contribution >= 4 is 5.91 Å². The van der Waals surface area contributed by atoms with Gasteiger partial charge in [-0.05, 0) is 26.2 Å². The van der Waals surface area contributed by atoms with Gasteiger partial charge in [0.2, 0.25) is 5.91 Å². The lowest BCUT2D eigenvalue weighted by Crippen LogP contribution is -2.43. The maximum Gasteiger partial charge on any atom is 0.240 e. The van der Waals surface area contributed by atoms with E-state index in [1.165, 1.54) is 0 Å². The fourth-order valence-electron chi connectivity index (χ4n) is 2.59. The number of nitrogens with zero attached hydrogens (tertiary/aromatic N) is 1. The van der Waals surface area contributed by atoms with Gasteiger partial charge in [-0.1, -0.05) is 39.0 Å². The lowest BCUT2D eigenvalue weighted by atomic mass is 9.80. The van der Waals surface area contributed by atoms with Crippen LogP contribution >= 0.6 is 0 Å². The van der Waals surface area contributed by atoms with E-state index in [0.29, 0.717) is 0 Å². The summed E-state index contributed by atoms with van der Waals surface area (Å²) >= 11 is 0. The molecule has 0 aromatic rings. The van der Waals surface area contributed by atoms with Gasteiger partial charge in [0.25, 0.3) is 0 Å². The SMILES string of the molecule is CCCC(C)NC(=O)C1(C#N)CCCCCC1. The fourth-order valence-corrected chi connectivity index (χ4v) is 2.59. The molecule has 0 bridgehead atoms. The summed E-state index contributed by atoms with van der Waals surface area (Å²) in [7, 11) is 0. The Morgan fingerprint density at radius 1 is 1.35 bits per heavy atom. The topological polar surface area (TPSA) is 52.9 Å². The number of hydrogen-bond donors (Lipinski definition) is 1. The van der Waals surface area contributed by atoms with Gasteiger partial charge in [-0.3, -0.25) is 4.79 Å². The average Bonchev–Trinajstić information content (AvgIpc) is 2.55. The molecule has 1 unspecified atom stereocenters. The van der Waals surface area contributed by atoms with Crippen molar-refractivity contribution in [1.82, 2.24) is 5.32 Å². The smallest absolute Gasteiger partial charge is 0.240 e. The minimum atomic E-state index is -0.751. The number of rotatable bonds is 4. The molecule has 1 aliphatic rings. The number of carbonyl (C=O) groups is 1. The van der Waals surface area contributed by atoms with Gasteiger partial charge in [0.05, 0.1) is 6.07 Å². The van der Waals surface area contributed by atoms with Crippen LogP contribution in [0.5, 0.6) is 0 Å². The van der Waals surface area contributed by atoms with Crippen molar-refractivity contribution in [1.29, 1.82) is 5.26 Å². The fraction of sp³-hybridized carbons (Fsp3) is 0.857. The summed E-state index contributed by atoms with van der Waals surface area (Å²) in [5.41, 5.74) is -0.751.